The molecule has 1 aromatic carbocycles. The number of carbonyl (C=O) groups is 2. The van der Waals surface area contributed by atoms with Crippen molar-refractivity contribution in [2.45, 2.75) is 24.8 Å². The first kappa shape index (κ1) is 15.9. The van der Waals surface area contributed by atoms with E-state index in [0.717, 1.165) is 10.5 Å². The van der Waals surface area contributed by atoms with Gasteiger partial charge in [-0.3, -0.25) is 4.79 Å². The molecule has 2 rings (SSSR count). The van der Waals surface area contributed by atoms with Gasteiger partial charge in [0.15, 0.2) is 6.04 Å². The monoisotopic (exact) mass is 309 g/mol. The topological polar surface area (TPSA) is 66.8 Å². The summed E-state index contributed by atoms with van der Waals surface area (Å²) in [6, 6.07) is 5.21. The van der Waals surface area contributed by atoms with E-state index >= 15 is 0 Å². The lowest BCUT2D eigenvalue weighted by molar-refractivity contribution is -0.157. The average molecular weight is 309 g/mol. The van der Waals surface area contributed by atoms with Crippen molar-refractivity contribution in [1.82, 2.24) is 4.90 Å². The van der Waals surface area contributed by atoms with Crippen LogP contribution in [0.15, 0.2) is 23.1 Å². The quantitative estimate of drug-likeness (QED) is 0.858. The van der Waals surface area contributed by atoms with Crippen LogP contribution in [0.1, 0.15) is 11.1 Å². The molecule has 0 spiro atoms. The highest BCUT2D eigenvalue weighted by atomic mass is 32.2. The Morgan fingerprint density at radius 1 is 1.43 bits per heavy atom. The third-order valence-corrected chi connectivity index (χ3v) is 4.58. The Labute approximate surface area is 128 Å². The van der Waals surface area contributed by atoms with Gasteiger partial charge in [-0.15, -0.1) is 11.8 Å². The molecule has 21 heavy (non-hydrogen) atoms. The number of carbonyl (C=O) groups excluding carboxylic acids is 1. The molecule has 1 aliphatic heterocycles. The zero-order valence-electron chi connectivity index (χ0n) is 12.2. The fourth-order valence-corrected chi connectivity index (χ4v) is 3.19. The van der Waals surface area contributed by atoms with E-state index in [4.69, 9.17) is 9.84 Å². The minimum atomic E-state index is -1.01. The van der Waals surface area contributed by atoms with Crippen LogP contribution in [0.25, 0.3) is 0 Å². The number of benzene rings is 1. The first-order valence-corrected chi connectivity index (χ1v) is 7.77. The van der Waals surface area contributed by atoms with Crippen molar-refractivity contribution in [3.63, 3.8) is 0 Å². The summed E-state index contributed by atoms with van der Waals surface area (Å²) in [6.07, 6.45) is 0. The number of nitrogens with zero attached hydrogens (tertiary/aromatic N) is 1. The smallest absolute Gasteiger partial charge is 0.328 e. The molecule has 0 radical (unpaired) electrons. The van der Waals surface area contributed by atoms with Crippen LogP contribution < -0.4 is 0 Å². The van der Waals surface area contributed by atoms with E-state index in [1.807, 2.05) is 26.0 Å². The molecule has 1 fully saturated rings. The maximum Gasteiger partial charge on any atom is 0.328 e. The zero-order chi connectivity index (χ0) is 15.4. The van der Waals surface area contributed by atoms with E-state index in [1.54, 1.807) is 0 Å². The van der Waals surface area contributed by atoms with Crippen LogP contribution in [0, 0.1) is 13.8 Å². The Bertz CT molecular complexity index is 546. The van der Waals surface area contributed by atoms with Crippen molar-refractivity contribution in [2.24, 2.45) is 0 Å². The first-order valence-electron chi connectivity index (χ1n) is 6.79. The molecule has 1 atom stereocenters. The van der Waals surface area contributed by atoms with Crippen LogP contribution in [0.3, 0.4) is 0 Å². The standard InChI is InChI=1S/C15H19NO4S/c1-10-3-4-13(11(2)7-10)21-9-14(17)16-5-6-20-8-12(16)15(18)19/h3-4,7,12H,5-6,8-9H2,1-2H3,(H,18,19). The highest BCUT2D eigenvalue weighted by molar-refractivity contribution is 8.00. The number of ether oxygens (including phenoxy) is 1. The van der Waals surface area contributed by atoms with Gasteiger partial charge in [-0.25, -0.2) is 4.79 Å². The Balaban J connectivity index is 1.98. The van der Waals surface area contributed by atoms with Crippen LogP contribution in [0.4, 0.5) is 0 Å². The van der Waals surface area contributed by atoms with E-state index < -0.39 is 12.0 Å². The number of carboxylic acids is 1. The van der Waals surface area contributed by atoms with E-state index in [0.29, 0.717) is 13.2 Å². The van der Waals surface area contributed by atoms with Crippen LogP contribution in [0.2, 0.25) is 0 Å². The second-order valence-corrected chi connectivity index (χ2v) is 6.09. The second kappa shape index (κ2) is 6.95. The summed E-state index contributed by atoms with van der Waals surface area (Å²) >= 11 is 1.45. The Morgan fingerprint density at radius 3 is 2.86 bits per heavy atom. The number of morpholine rings is 1. The first-order chi connectivity index (χ1) is 9.99. The van der Waals surface area contributed by atoms with Gasteiger partial charge in [-0.05, 0) is 25.5 Å². The van der Waals surface area contributed by atoms with Gasteiger partial charge in [0, 0.05) is 11.4 Å². The maximum atomic E-state index is 12.3. The largest absolute Gasteiger partial charge is 0.480 e. The molecule has 0 saturated carbocycles. The SMILES string of the molecule is Cc1ccc(SCC(=O)N2CCOCC2C(=O)O)c(C)c1. The van der Waals surface area contributed by atoms with E-state index in [1.165, 1.54) is 22.2 Å². The highest BCUT2D eigenvalue weighted by Crippen LogP contribution is 2.24. The van der Waals surface area contributed by atoms with Gasteiger partial charge in [-0.2, -0.15) is 0 Å². The van der Waals surface area contributed by atoms with Gasteiger partial charge in [0.25, 0.3) is 0 Å². The minimum Gasteiger partial charge on any atom is -0.480 e. The van der Waals surface area contributed by atoms with Crippen molar-refractivity contribution in [3.8, 4) is 0 Å². The highest BCUT2D eigenvalue weighted by Gasteiger charge is 2.32. The van der Waals surface area contributed by atoms with Crippen molar-refractivity contribution >= 4 is 23.6 Å². The molecule has 1 heterocycles. The predicted molar refractivity (Wildman–Crippen MR) is 80.6 cm³/mol. The van der Waals surface area contributed by atoms with Crippen LogP contribution in [-0.4, -0.2) is 53.4 Å². The van der Waals surface area contributed by atoms with Gasteiger partial charge in [0.2, 0.25) is 5.91 Å². The van der Waals surface area contributed by atoms with Gasteiger partial charge < -0.3 is 14.7 Å². The number of thioether (sulfide) groups is 1. The van der Waals surface area contributed by atoms with E-state index in [9.17, 15) is 9.59 Å². The number of hydrogen-bond donors (Lipinski definition) is 1. The number of amides is 1. The molecular formula is C15H19NO4S. The maximum absolute atomic E-state index is 12.3. The summed E-state index contributed by atoms with van der Waals surface area (Å²) in [5.41, 5.74) is 2.31. The molecule has 1 unspecified atom stereocenters. The third-order valence-electron chi connectivity index (χ3n) is 3.42. The molecule has 1 aromatic rings. The van der Waals surface area contributed by atoms with Crippen molar-refractivity contribution in [2.75, 3.05) is 25.5 Å². The predicted octanol–water partition coefficient (Wildman–Crippen LogP) is 1.71. The Morgan fingerprint density at radius 2 is 2.19 bits per heavy atom. The number of hydrogen-bond acceptors (Lipinski definition) is 4. The van der Waals surface area contributed by atoms with E-state index in [2.05, 4.69) is 6.07 Å². The Kier molecular flexibility index (Phi) is 5.25. The minimum absolute atomic E-state index is 0.0648. The molecule has 0 aliphatic carbocycles. The number of rotatable bonds is 4. The lowest BCUT2D eigenvalue weighted by Crippen LogP contribution is -2.53. The lowest BCUT2D eigenvalue weighted by Gasteiger charge is -2.32. The summed E-state index contributed by atoms with van der Waals surface area (Å²) in [5, 5.41) is 9.14. The molecule has 1 aliphatic rings. The van der Waals surface area contributed by atoms with Crippen LogP contribution in [-0.2, 0) is 14.3 Å². The second-order valence-electron chi connectivity index (χ2n) is 5.07. The molecule has 1 saturated heterocycles. The summed E-state index contributed by atoms with van der Waals surface area (Å²) in [6.45, 7) is 4.83. The Hall–Kier alpha value is -1.53. The number of carboxylic acid groups (broad SMARTS) is 1. The third kappa shape index (κ3) is 3.98. The fraction of sp³-hybridized carbons (Fsp3) is 0.467. The van der Waals surface area contributed by atoms with E-state index in [-0.39, 0.29) is 18.3 Å². The molecule has 0 aromatic heterocycles. The lowest BCUT2D eigenvalue weighted by atomic mass is 10.2. The van der Waals surface area contributed by atoms with Gasteiger partial charge >= 0.3 is 5.97 Å². The average Bonchev–Trinajstić information content (AvgIpc) is 2.46. The van der Waals surface area contributed by atoms with Crippen molar-refractivity contribution in [1.29, 1.82) is 0 Å². The van der Waals surface area contributed by atoms with Gasteiger partial charge in [0.05, 0.1) is 19.0 Å². The molecule has 5 nitrogen and oxygen atoms in total. The van der Waals surface area contributed by atoms with Crippen LogP contribution >= 0.6 is 11.8 Å². The van der Waals surface area contributed by atoms with Crippen molar-refractivity contribution in [3.05, 3.63) is 29.3 Å². The normalized spacial score (nSPS) is 18.6. The summed E-state index contributed by atoms with van der Waals surface area (Å²) < 4.78 is 5.14. The number of aryl methyl sites for hydroxylation is 2. The van der Waals surface area contributed by atoms with Crippen molar-refractivity contribution < 1.29 is 19.4 Å². The summed E-state index contributed by atoms with van der Waals surface area (Å²) in [7, 11) is 0. The zero-order valence-corrected chi connectivity index (χ0v) is 13.0. The van der Waals surface area contributed by atoms with Crippen LogP contribution in [0.5, 0.6) is 0 Å². The van der Waals surface area contributed by atoms with Gasteiger partial charge in [-0.1, -0.05) is 17.7 Å². The fourth-order valence-electron chi connectivity index (χ4n) is 2.29. The molecule has 0 bridgehead atoms. The molecule has 1 N–H and O–H groups in total. The van der Waals surface area contributed by atoms with Gasteiger partial charge in [0.1, 0.15) is 0 Å². The summed E-state index contributed by atoms with van der Waals surface area (Å²) in [4.78, 5) is 25.9. The molecular weight excluding hydrogens is 290 g/mol. The molecule has 6 heteroatoms. The number of aliphatic carboxylic acids is 1. The molecule has 1 amide bonds. The molecule has 114 valence electrons. The summed E-state index contributed by atoms with van der Waals surface area (Å²) in [5.74, 6) is -0.927.